The topological polar surface area (TPSA) is 84.4 Å². The van der Waals surface area contributed by atoms with Crippen molar-refractivity contribution in [1.82, 2.24) is 15.4 Å². The van der Waals surface area contributed by atoms with Gasteiger partial charge in [-0.25, -0.2) is 0 Å². The van der Waals surface area contributed by atoms with E-state index in [1.54, 1.807) is 4.90 Å². The first-order valence-corrected chi connectivity index (χ1v) is 4.49. The van der Waals surface area contributed by atoms with Crippen molar-refractivity contribution in [2.24, 2.45) is 0 Å². The number of piperazine rings is 1. The van der Waals surface area contributed by atoms with Crippen molar-refractivity contribution in [1.29, 1.82) is 0 Å². The number of hydrogen-bond acceptors (Lipinski definition) is 5. The van der Waals surface area contributed by atoms with Gasteiger partial charge >= 0.3 is 0 Å². The first-order valence-electron chi connectivity index (χ1n) is 4.49. The maximum Gasteiger partial charge on any atom is 0.276 e. The molecule has 0 aliphatic carbocycles. The molecule has 0 saturated carbocycles. The molecular weight excluding hydrogens is 184 g/mol. The Hall–Kier alpha value is -1.56. The molecule has 1 aliphatic rings. The number of amides is 1. The average Bonchev–Trinajstić information content (AvgIpc) is 2.65. The molecule has 0 bridgehead atoms. The molecular formula is C8H12N4O2. The number of carbonyl (C=O) groups excluding carboxylic acids is 1. The highest BCUT2D eigenvalue weighted by Crippen LogP contribution is 2.08. The number of hydrogen-bond donors (Lipinski definition) is 2. The van der Waals surface area contributed by atoms with E-state index in [0.29, 0.717) is 13.1 Å². The predicted molar refractivity (Wildman–Crippen MR) is 49.7 cm³/mol. The van der Waals surface area contributed by atoms with Gasteiger partial charge in [0.2, 0.25) is 5.88 Å². The summed E-state index contributed by atoms with van der Waals surface area (Å²) in [4.78, 5) is 13.5. The second kappa shape index (κ2) is 3.67. The molecule has 1 fully saturated rings. The van der Waals surface area contributed by atoms with Crippen LogP contribution in [0.5, 0.6) is 0 Å². The number of rotatable bonds is 1. The van der Waals surface area contributed by atoms with Gasteiger partial charge < -0.3 is 20.5 Å². The van der Waals surface area contributed by atoms with E-state index in [1.165, 1.54) is 6.07 Å². The predicted octanol–water partition coefficient (Wildman–Crippen LogP) is -0.698. The summed E-state index contributed by atoms with van der Waals surface area (Å²) in [6, 6.07) is 1.45. The Morgan fingerprint density at radius 2 is 2.29 bits per heavy atom. The van der Waals surface area contributed by atoms with Crippen molar-refractivity contribution in [2.75, 3.05) is 31.9 Å². The summed E-state index contributed by atoms with van der Waals surface area (Å²) < 4.78 is 4.64. The van der Waals surface area contributed by atoms with Crippen LogP contribution in [0, 0.1) is 0 Å². The van der Waals surface area contributed by atoms with Gasteiger partial charge in [-0.1, -0.05) is 5.16 Å². The molecule has 1 amide bonds. The minimum absolute atomic E-state index is 0.119. The Morgan fingerprint density at radius 3 is 2.86 bits per heavy atom. The summed E-state index contributed by atoms with van der Waals surface area (Å²) in [5.41, 5.74) is 5.62. The van der Waals surface area contributed by atoms with Gasteiger partial charge in [0, 0.05) is 32.2 Å². The molecule has 6 nitrogen and oxygen atoms in total. The molecule has 76 valence electrons. The van der Waals surface area contributed by atoms with Crippen LogP contribution in [0.25, 0.3) is 0 Å². The fourth-order valence-corrected chi connectivity index (χ4v) is 1.42. The molecule has 1 aromatic heterocycles. The third-order valence-corrected chi connectivity index (χ3v) is 2.15. The van der Waals surface area contributed by atoms with E-state index >= 15 is 0 Å². The molecule has 6 heteroatoms. The lowest BCUT2D eigenvalue weighted by Gasteiger charge is -2.26. The lowest BCUT2D eigenvalue weighted by atomic mass is 10.3. The van der Waals surface area contributed by atoms with E-state index in [2.05, 4.69) is 15.0 Å². The van der Waals surface area contributed by atoms with Gasteiger partial charge in [-0.05, 0) is 0 Å². The molecule has 1 aliphatic heterocycles. The zero-order chi connectivity index (χ0) is 9.97. The lowest BCUT2D eigenvalue weighted by Crippen LogP contribution is -2.46. The molecule has 0 spiro atoms. The Balaban J connectivity index is 2.07. The number of nitrogens with one attached hydrogen (secondary N) is 1. The number of nitrogens with two attached hydrogens (primary N) is 1. The summed E-state index contributed by atoms with van der Waals surface area (Å²) in [5.74, 6) is 0.0513. The fraction of sp³-hybridized carbons (Fsp3) is 0.500. The summed E-state index contributed by atoms with van der Waals surface area (Å²) in [7, 11) is 0. The Labute approximate surface area is 81.0 Å². The third-order valence-electron chi connectivity index (χ3n) is 2.15. The van der Waals surface area contributed by atoms with Gasteiger partial charge in [-0.3, -0.25) is 4.79 Å². The number of anilines is 1. The average molecular weight is 196 g/mol. The van der Waals surface area contributed by atoms with Gasteiger partial charge in [0.1, 0.15) is 0 Å². The number of carbonyl (C=O) groups is 1. The Kier molecular flexibility index (Phi) is 2.36. The van der Waals surface area contributed by atoms with Crippen molar-refractivity contribution in [2.45, 2.75) is 0 Å². The first kappa shape index (κ1) is 9.01. The minimum Gasteiger partial charge on any atom is -0.368 e. The molecule has 2 rings (SSSR count). The van der Waals surface area contributed by atoms with E-state index in [1.807, 2.05) is 0 Å². The zero-order valence-corrected chi connectivity index (χ0v) is 7.69. The van der Waals surface area contributed by atoms with E-state index in [-0.39, 0.29) is 17.5 Å². The zero-order valence-electron chi connectivity index (χ0n) is 7.69. The monoisotopic (exact) mass is 196 g/mol. The smallest absolute Gasteiger partial charge is 0.276 e. The van der Waals surface area contributed by atoms with Crippen LogP contribution >= 0.6 is 0 Å². The van der Waals surface area contributed by atoms with Gasteiger partial charge in [0.15, 0.2) is 5.69 Å². The summed E-state index contributed by atoms with van der Waals surface area (Å²) in [5, 5.41) is 6.74. The van der Waals surface area contributed by atoms with Gasteiger partial charge in [-0.15, -0.1) is 0 Å². The van der Waals surface area contributed by atoms with Crippen LogP contribution in [0.3, 0.4) is 0 Å². The molecule has 1 aromatic rings. The van der Waals surface area contributed by atoms with Crippen LogP contribution in [-0.4, -0.2) is 42.1 Å². The van der Waals surface area contributed by atoms with Crippen LogP contribution in [-0.2, 0) is 0 Å². The number of nitrogen functional groups attached to an aromatic ring is 1. The number of aromatic nitrogens is 1. The van der Waals surface area contributed by atoms with Crippen molar-refractivity contribution in [3.8, 4) is 0 Å². The highest BCUT2D eigenvalue weighted by atomic mass is 16.5. The quantitative estimate of drug-likeness (QED) is 0.620. The molecule has 0 aromatic carbocycles. The fourth-order valence-electron chi connectivity index (χ4n) is 1.42. The molecule has 0 radical (unpaired) electrons. The Bertz CT molecular complexity index is 330. The van der Waals surface area contributed by atoms with E-state index in [9.17, 15) is 4.79 Å². The lowest BCUT2D eigenvalue weighted by molar-refractivity contribution is 0.0725. The maximum absolute atomic E-state index is 11.7. The summed E-state index contributed by atoms with van der Waals surface area (Å²) in [6.07, 6.45) is 0. The highest BCUT2D eigenvalue weighted by molar-refractivity contribution is 5.92. The SMILES string of the molecule is Nc1cc(C(=O)N2CCNCC2)no1. The minimum atomic E-state index is -0.119. The molecule has 2 heterocycles. The van der Waals surface area contributed by atoms with Crippen molar-refractivity contribution in [3.05, 3.63) is 11.8 Å². The maximum atomic E-state index is 11.7. The molecule has 3 N–H and O–H groups in total. The second-order valence-electron chi connectivity index (χ2n) is 3.16. The third kappa shape index (κ3) is 1.69. The van der Waals surface area contributed by atoms with Gasteiger partial charge in [-0.2, -0.15) is 0 Å². The van der Waals surface area contributed by atoms with Crippen LogP contribution in [0.4, 0.5) is 5.88 Å². The normalized spacial score (nSPS) is 17.0. The standard InChI is InChI=1S/C8H12N4O2/c9-7-5-6(11-14-7)8(13)12-3-1-10-2-4-12/h5,10H,1-4,9H2. The summed E-state index contributed by atoms with van der Waals surface area (Å²) in [6.45, 7) is 3.04. The van der Waals surface area contributed by atoms with Crippen molar-refractivity contribution in [3.63, 3.8) is 0 Å². The molecule has 14 heavy (non-hydrogen) atoms. The van der Waals surface area contributed by atoms with E-state index in [0.717, 1.165) is 13.1 Å². The van der Waals surface area contributed by atoms with Crippen LogP contribution in [0.1, 0.15) is 10.5 Å². The van der Waals surface area contributed by atoms with Crippen LogP contribution in [0.15, 0.2) is 10.6 Å². The highest BCUT2D eigenvalue weighted by Gasteiger charge is 2.20. The summed E-state index contributed by atoms with van der Waals surface area (Å²) >= 11 is 0. The first-order chi connectivity index (χ1) is 6.77. The molecule has 0 atom stereocenters. The number of nitrogens with zero attached hydrogens (tertiary/aromatic N) is 2. The second-order valence-corrected chi connectivity index (χ2v) is 3.16. The van der Waals surface area contributed by atoms with Crippen LogP contribution < -0.4 is 11.1 Å². The Morgan fingerprint density at radius 1 is 1.57 bits per heavy atom. The van der Waals surface area contributed by atoms with E-state index < -0.39 is 0 Å². The van der Waals surface area contributed by atoms with Gasteiger partial charge in [0.25, 0.3) is 5.91 Å². The van der Waals surface area contributed by atoms with Crippen molar-refractivity contribution >= 4 is 11.8 Å². The van der Waals surface area contributed by atoms with E-state index in [4.69, 9.17) is 5.73 Å². The van der Waals surface area contributed by atoms with Crippen molar-refractivity contribution < 1.29 is 9.32 Å². The molecule has 0 unspecified atom stereocenters. The molecule has 1 saturated heterocycles. The van der Waals surface area contributed by atoms with Crippen LogP contribution in [0.2, 0.25) is 0 Å². The largest absolute Gasteiger partial charge is 0.368 e. The van der Waals surface area contributed by atoms with Gasteiger partial charge in [0.05, 0.1) is 0 Å².